The number of aryl methyl sites for hydroxylation is 2. The fourth-order valence-corrected chi connectivity index (χ4v) is 2.33. The van der Waals surface area contributed by atoms with Crippen molar-refractivity contribution in [2.45, 2.75) is 13.8 Å². The molecule has 6 nitrogen and oxygen atoms in total. The number of aromatic nitrogens is 2. The lowest BCUT2D eigenvalue weighted by Crippen LogP contribution is -2.02. The van der Waals surface area contributed by atoms with Crippen molar-refractivity contribution in [3.63, 3.8) is 0 Å². The highest BCUT2D eigenvalue weighted by molar-refractivity contribution is 5.88. The van der Waals surface area contributed by atoms with Gasteiger partial charge in [-0.2, -0.15) is 5.10 Å². The number of carbonyl (C=O) groups is 1. The lowest BCUT2D eigenvalue weighted by molar-refractivity contribution is 0.0689. The van der Waals surface area contributed by atoms with Gasteiger partial charge in [0, 0.05) is 12.6 Å². The second-order valence-corrected chi connectivity index (χ2v) is 4.77. The number of aromatic carboxylic acids is 1. The van der Waals surface area contributed by atoms with Crippen LogP contribution in [0.4, 0.5) is 0 Å². The van der Waals surface area contributed by atoms with Crippen LogP contribution >= 0.6 is 0 Å². The highest BCUT2D eigenvalue weighted by atomic mass is 16.5. The number of hydrogen-bond acceptors (Lipinski definition) is 4. The van der Waals surface area contributed by atoms with Gasteiger partial charge in [0.05, 0.1) is 19.9 Å². The molecule has 0 spiro atoms. The van der Waals surface area contributed by atoms with Crippen molar-refractivity contribution < 1.29 is 19.4 Å². The van der Waals surface area contributed by atoms with Crippen LogP contribution in [-0.4, -0.2) is 35.1 Å². The summed E-state index contributed by atoms with van der Waals surface area (Å²) < 4.78 is 12.4. The van der Waals surface area contributed by atoms with Crippen LogP contribution in [0.15, 0.2) is 12.1 Å². The fourth-order valence-electron chi connectivity index (χ4n) is 2.33. The molecule has 0 fully saturated rings. The second-order valence-electron chi connectivity index (χ2n) is 4.77. The summed E-state index contributed by atoms with van der Waals surface area (Å²) in [5, 5.41) is 13.1. The number of hydrogen-bond donors (Lipinski definition) is 1. The highest BCUT2D eigenvalue weighted by Gasteiger charge is 2.21. The third-order valence-electron chi connectivity index (χ3n) is 3.54. The number of rotatable bonds is 4. The molecule has 1 heterocycles. The van der Waals surface area contributed by atoms with Crippen LogP contribution in [-0.2, 0) is 7.05 Å². The molecule has 0 saturated carbocycles. The molecule has 0 aliphatic carbocycles. The van der Waals surface area contributed by atoms with E-state index >= 15 is 0 Å². The Morgan fingerprint density at radius 1 is 1.24 bits per heavy atom. The molecule has 0 aliphatic heterocycles. The summed E-state index contributed by atoms with van der Waals surface area (Å²) in [7, 11) is 4.84. The van der Waals surface area contributed by atoms with Gasteiger partial charge in [-0.05, 0) is 37.1 Å². The molecule has 0 saturated heterocycles. The molecule has 1 aromatic heterocycles. The Morgan fingerprint density at radius 3 is 2.38 bits per heavy atom. The smallest absolute Gasteiger partial charge is 0.356 e. The Hall–Kier alpha value is -2.50. The Morgan fingerprint density at radius 2 is 1.90 bits per heavy atom. The molecule has 6 heteroatoms. The van der Waals surface area contributed by atoms with E-state index in [1.54, 1.807) is 21.3 Å². The first-order valence-corrected chi connectivity index (χ1v) is 6.40. The van der Waals surface area contributed by atoms with E-state index in [-0.39, 0.29) is 5.69 Å². The van der Waals surface area contributed by atoms with Crippen molar-refractivity contribution in [2.75, 3.05) is 14.2 Å². The van der Waals surface area contributed by atoms with Crippen molar-refractivity contribution in [2.24, 2.45) is 7.05 Å². The Kier molecular flexibility index (Phi) is 3.88. The summed E-state index contributed by atoms with van der Waals surface area (Å²) in [4.78, 5) is 11.1. The zero-order chi connectivity index (χ0) is 15.7. The molecule has 112 valence electrons. The molecule has 0 aliphatic rings. The Balaban J connectivity index is 2.79. The van der Waals surface area contributed by atoms with Crippen molar-refractivity contribution in [3.8, 4) is 22.8 Å². The number of methoxy groups -OCH3 is 2. The summed E-state index contributed by atoms with van der Waals surface area (Å²) in [6, 6.07) is 3.43. The predicted octanol–water partition coefficient (Wildman–Crippen LogP) is 2.42. The molecular formula is C15H18N2O4. The van der Waals surface area contributed by atoms with E-state index in [0.29, 0.717) is 17.2 Å². The first-order chi connectivity index (χ1) is 9.90. The molecule has 2 rings (SSSR count). The molecule has 21 heavy (non-hydrogen) atoms. The van der Waals surface area contributed by atoms with Gasteiger partial charge in [0.2, 0.25) is 0 Å². The third kappa shape index (κ3) is 2.44. The average Bonchev–Trinajstić information content (AvgIpc) is 2.83. The molecule has 0 unspecified atom stereocenters. The highest BCUT2D eigenvalue weighted by Crippen LogP contribution is 2.42. The van der Waals surface area contributed by atoms with Gasteiger partial charge in [0.15, 0.2) is 17.2 Å². The number of benzene rings is 1. The van der Waals surface area contributed by atoms with Gasteiger partial charge in [0.25, 0.3) is 0 Å². The van der Waals surface area contributed by atoms with E-state index in [0.717, 1.165) is 16.7 Å². The van der Waals surface area contributed by atoms with E-state index in [1.165, 1.54) is 10.7 Å². The van der Waals surface area contributed by atoms with Gasteiger partial charge in [-0.1, -0.05) is 0 Å². The number of carboxylic acid groups (broad SMARTS) is 1. The summed E-state index contributed by atoms with van der Waals surface area (Å²) in [6.45, 7) is 3.93. The molecule has 1 aromatic carbocycles. The zero-order valence-corrected chi connectivity index (χ0v) is 12.7. The van der Waals surface area contributed by atoms with Crippen LogP contribution in [0.5, 0.6) is 11.5 Å². The monoisotopic (exact) mass is 290 g/mol. The van der Waals surface area contributed by atoms with Crippen LogP contribution < -0.4 is 9.47 Å². The number of ether oxygens (including phenoxy) is 2. The standard InChI is InChI=1S/C15H18N2O4/c1-8-6-12(20-4)14(21-5)13(9(8)2)11-7-10(15(18)19)16-17(11)3/h6-7H,1-5H3,(H,18,19). The van der Waals surface area contributed by atoms with Gasteiger partial charge in [-0.15, -0.1) is 0 Å². The van der Waals surface area contributed by atoms with E-state index in [2.05, 4.69) is 5.10 Å². The SMILES string of the molecule is COc1cc(C)c(C)c(-c2cc(C(=O)O)nn2C)c1OC. The summed E-state index contributed by atoms with van der Waals surface area (Å²) >= 11 is 0. The first-order valence-electron chi connectivity index (χ1n) is 6.40. The van der Waals surface area contributed by atoms with E-state index in [4.69, 9.17) is 14.6 Å². The van der Waals surface area contributed by atoms with Crippen LogP contribution in [0.3, 0.4) is 0 Å². The normalized spacial score (nSPS) is 10.5. The van der Waals surface area contributed by atoms with Crippen molar-refractivity contribution in [1.82, 2.24) is 9.78 Å². The minimum absolute atomic E-state index is 0.00516. The van der Waals surface area contributed by atoms with Crippen molar-refractivity contribution in [1.29, 1.82) is 0 Å². The van der Waals surface area contributed by atoms with Gasteiger partial charge in [-0.3, -0.25) is 4.68 Å². The summed E-state index contributed by atoms with van der Waals surface area (Å²) in [5.74, 6) is 0.113. The quantitative estimate of drug-likeness (QED) is 0.936. The molecule has 0 amide bonds. The molecule has 0 bridgehead atoms. The molecule has 2 aromatic rings. The Bertz CT molecular complexity index is 704. The van der Waals surface area contributed by atoms with Gasteiger partial charge in [0.1, 0.15) is 0 Å². The van der Waals surface area contributed by atoms with E-state index in [9.17, 15) is 4.79 Å². The average molecular weight is 290 g/mol. The number of nitrogens with zero attached hydrogens (tertiary/aromatic N) is 2. The largest absolute Gasteiger partial charge is 0.493 e. The van der Waals surface area contributed by atoms with Crippen LogP contribution in [0.25, 0.3) is 11.3 Å². The summed E-state index contributed by atoms with van der Waals surface area (Å²) in [6.07, 6.45) is 0. The molecule has 1 N–H and O–H groups in total. The molecule has 0 atom stereocenters. The van der Waals surface area contributed by atoms with Crippen molar-refractivity contribution >= 4 is 5.97 Å². The minimum Gasteiger partial charge on any atom is -0.493 e. The van der Waals surface area contributed by atoms with Crippen LogP contribution in [0, 0.1) is 13.8 Å². The maximum absolute atomic E-state index is 11.1. The van der Waals surface area contributed by atoms with Crippen LogP contribution in [0.1, 0.15) is 21.6 Å². The molecule has 0 radical (unpaired) electrons. The first kappa shape index (κ1) is 14.9. The third-order valence-corrected chi connectivity index (χ3v) is 3.54. The van der Waals surface area contributed by atoms with E-state index in [1.807, 2.05) is 19.9 Å². The van der Waals surface area contributed by atoms with Gasteiger partial charge >= 0.3 is 5.97 Å². The van der Waals surface area contributed by atoms with Gasteiger partial charge < -0.3 is 14.6 Å². The van der Waals surface area contributed by atoms with Gasteiger partial charge in [-0.25, -0.2) is 4.79 Å². The minimum atomic E-state index is -1.06. The van der Waals surface area contributed by atoms with E-state index < -0.39 is 5.97 Å². The second kappa shape index (κ2) is 5.47. The Labute approximate surface area is 122 Å². The number of carboxylic acids is 1. The van der Waals surface area contributed by atoms with Crippen LogP contribution in [0.2, 0.25) is 0 Å². The summed E-state index contributed by atoms with van der Waals surface area (Å²) in [5.41, 5.74) is 3.48. The topological polar surface area (TPSA) is 73.6 Å². The lowest BCUT2D eigenvalue weighted by atomic mass is 9.98. The maximum atomic E-state index is 11.1. The molecular weight excluding hydrogens is 272 g/mol. The maximum Gasteiger partial charge on any atom is 0.356 e. The lowest BCUT2D eigenvalue weighted by Gasteiger charge is -2.17. The predicted molar refractivity (Wildman–Crippen MR) is 78.2 cm³/mol. The fraction of sp³-hybridized carbons (Fsp3) is 0.333. The zero-order valence-electron chi connectivity index (χ0n) is 12.7. The van der Waals surface area contributed by atoms with Crippen molar-refractivity contribution in [3.05, 3.63) is 29.0 Å².